The van der Waals surface area contributed by atoms with E-state index in [0.717, 1.165) is 37.1 Å². The zero-order chi connectivity index (χ0) is 16.5. The third-order valence-electron chi connectivity index (χ3n) is 3.86. The summed E-state index contributed by atoms with van der Waals surface area (Å²) in [5.74, 6) is 0.843. The van der Waals surface area contributed by atoms with Crippen LogP contribution in [0.5, 0.6) is 5.75 Å². The number of methoxy groups -OCH3 is 1. The molecule has 1 aliphatic carbocycles. The van der Waals surface area contributed by atoms with E-state index in [9.17, 15) is 4.79 Å². The monoisotopic (exact) mass is 336 g/mol. The van der Waals surface area contributed by atoms with Gasteiger partial charge in [0.15, 0.2) is 5.11 Å². The van der Waals surface area contributed by atoms with Gasteiger partial charge in [-0.1, -0.05) is 25.3 Å². The first-order chi connectivity index (χ1) is 11.2. The van der Waals surface area contributed by atoms with Gasteiger partial charge < -0.3 is 20.1 Å². The lowest BCUT2D eigenvalue weighted by Gasteiger charge is -2.21. The summed E-state index contributed by atoms with van der Waals surface area (Å²) in [7, 11) is 1.63. The maximum Gasteiger partial charge on any atom is 0.229 e. The average molecular weight is 336 g/mol. The molecule has 0 radical (unpaired) electrons. The number of amides is 1. The zero-order valence-corrected chi connectivity index (χ0v) is 14.3. The number of anilines is 1. The van der Waals surface area contributed by atoms with Crippen LogP contribution in [0.1, 0.15) is 32.1 Å². The van der Waals surface area contributed by atoms with Gasteiger partial charge in [-0.25, -0.2) is 0 Å². The largest absolute Gasteiger partial charge is 0.491 e. The Kier molecular flexibility index (Phi) is 7.29. The highest BCUT2D eigenvalue weighted by Gasteiger charge is 2.21. The predicted molar refractivity (Wildman–Crippen MR) is 94.8 cm³/mol. The summed E-state index contributed by atoms with van der Waals surface area (Å²) < 4.78 is 10.5. The summed E-state index contributed by atoms with van der Waals surface area (Å²) in [4.78, 5) is 12.2. The summed E-state index contributed by atoms with van der Waals surface area (Å²) in [5, 5.41) is 6.15. The van der Waals surface area contributed by atoms with Crippen molar-refractivity contribution < 1.29 is 14.3 Å². The maximum absolute atomic E-state index is 12.2. The summed E-state index contributed by atoms with van der Waals surface area (Å²) in [6.07, 6.45) is 5.38. The molecule has 0 aromatic heterocycles. The topological polar surface area (TPSA) is 59.6 Å². The van der Waals surface area contributed by atoms with E-state index in [1.54, 1.807) is 7.11 Å². The van der Waals surface area contributed by atoms with Crippen LogP contribution >= 0.6 is 12.2 Å². The van der Waals surface area contributed by atoms with Crippen LogP contribution in [0, 0.1) is 5.92 Å². The molecule has 1 aromatic rings. The Morgan fingerprint density at radius 2 is 2.04 bits per heavy atom. The van der Waals surface area contributed by atoms with Gasteiger partial charge in [0, 0.05) is 24.8 Å². The third-order valence-corrected chi connectivity index (χ3v) is 4.06. The molecule has 0 unspecified atom stereocenters. The SMILES string of the molecule is COCCOc1cccc(NC(=S)NC(=O)C2CCCCC2)c1. The second-order valence-electron chi connectivity index (χ2n) is 5.65. The summed E-state index contributed by atoms with van der Waals surface area (Å²) in [6, 6.07) is 7.46. The molecule has 0 aliphatic heterocycles. The van der Waals surface area contributed by atoms with Crippen LogP contribution in [0.3, 0.4) is 0 Å². The van der Waals surface area contributed by atoms with Crippen molar-refractivity contribution in [2.45, 2.75) is 32.1 Å². The van der Waals surface area contributed by atoms with Crippen molar-refractivity contribution in [1.29, 1.82) is 0 Å². The van der Waals surface area contributed by atoms with Gasteiger partial charge in [-0.2, -0.15) is 0 Å². The minimum atomic E-state index is 0.0229. The molecule has 1 saturated carbocycles. The highest BCUT2D eigenvalue weighted by Crippen LogP contribution is 2.23. The number of carbonyl (C=O) groups is 1. The molecule has 1 aliphatic rings. The van der Waals surface area contributed by atoms with Crippen molar-refractivity contribution >= 4 is 28.9 Å². The second-order valence-corrected chi connectivity index (χ2v) is 6.06. The number of thiocarbonyl (C=S) groups is 1. The van der Waals surface area contributed by atoms with E-state index < -0.39 is 0 Å². The van der Waals surface area contributed by atoms with Gasteiger partial charge in [0.25, 0.3) is 0 Å². The minimum Gasteiger partial charge on any atom is -0.491 e. The third kappa shape index (κ3) is 6.15. The highest BCUT2D eigenvalue weighted by atomic mass is 32.1. The molecule has 0 heterocycles. The van der Waals surface area contributed by atoms with Crippen LogP contribution in [0.4, 0.5) is 5.69 Å². The van der Waals surface area contributed by atoms with Crippen molar-refractivity contribution in [3.8, 4) is 5.75 Å². The first-order valence-electron chi connectivity index (χ1n) is 8.02. The summed E-state index contributed by atoms with van der Waals surface area (Å²) >= 11 is 5.23. The minimum absolute atomic E-state index is 0.0229. The molecular weight excluding hydrogens is 312 g/mol. The second kappa shape index (κ2) is 9.47. The standard InChI is InChI=1S/C17H24N2O3S/c1-21-10-11-22-15-9-5-8-14(12-15)18-17(23)19-16(20)13-6-3-2-4-7-13/h5,8-9,12-13H,2-4,6-7,10-11H2,1H3,(H2,18,19,20,23). The number of ether oxygens (including phenoxy) is 2. The molecule has 6 heteroatoms. The van der Waals surface area contributed by atoms with E-state index in [2.05, 4.69) is 10.6 Å². The smallest absolute Gasteiger partial charge is 0.229 e. The van der Waals surface area contributed by atoms with Crippen LogP contribution in [0.25, 0.3) is 0 Å². The number of carbonyl (C=O) groups excluding carboxylic acids is 1. The molecule has 2 N–H and O–H groups in total. The average Bonchev–Trinajstić information content (AvgIpc) is 2.56. The first-order valence-corrected chi connectivity index (χ1v) is 8.43. The fourth-order valence-electron chi connectivity index (χ4n) is 2.65. The van der Waals surface area contributed by atoms with Gasteiger partial charge in [-0.05, 0) is 37.2 Å². The van der Waals surface area contributed by atoms with Crippen molar-refractivity contribution in [2.75, 3.05) is 25.6 Å². The van der Waals surface area contributed by atoms with Crippen molar-refractivity contribution in [2.24, 2.45) is 5.92 Å². The fourth-order valence-corrected chi connectivity index (χ4v) is 2.87. The van der Waals surface area contributed by atoms with Crippen LogP contribution in [0.15, 0.2) is 24.3 Å². The van der Waals surface area contributed by atoms with Crippen molar-refractivity contribution in [1.82, 2.24) is 5.32 Å². The molecule has 1 aromatic carbocycles. The Bertz CT molecular complexity index is 530. The Morgan fingerprint density at radius 1 is 1.26 bits per heavy atom. The Balaban J connectivity index is 1.82. The van der Waals surface area contributed by atoms with Gasteiger partial charge in [-0.15, -0.1) is 0 Å². The van der Waals surface area contributed by atoms with Crippen LogP contribution in [-0.4, -0.2) is 31.3 Å². The lowest BCUT2D eigenvalue weighted by Crippen LogP contribution is -2.38. The fraction of sp³-hybridized carbons (Fsp3) is 0.529. The molecule has 0 spiro atoms. The molecule has 0 atom stereocenters. The normalized spacial score (nSPS) is 15.0. The highest BCUT2D eigenvalue weighted by molar-refractivity contribution is 7.80. The molecule has 126 valence electrons. The van der Waals surface area contributed by atoms with E-state index >= 15 is 0 Å². The summed E-state index contributed by atoms with van der Waals surface area (Å²) in [5.41, 5.74) is 0.786. The van der Waals surface area contributed by atoms with Gasteiger partial charge in [0.1, 0.15) is 12.4 Å². The molecule has 2 rings (SSSR count). The van der Waals surface area contributed by atoms with Crippen LogP contribution in [0.2, 0.25) is 0 Å². The zero-order valence-electron chi connectivity index (χ0n) is 13.5. The Morgan fingerprint density at radius 3 is 2.78 bits per heavy atom. The Labute approximate surface area is 142 Å². The maximum atomic E-state index is 12.2. The molecule has 0 saturated heterocycles. The molecule has 1 fully saturated rings. The van der Waals surface area contributed by atoms with E-state index in [-0.39, 0.29) is 11.8 Å². The van der Waals surface area contributed by atoms with Gasteiger partial charge in [-0.3, -0.25) is 4.79 Å². The Hall–Kier alpha value is -1.66. The van der Waals surface area contributed by atoms with E-state index in [0.29, 0.717) is 18.3 Å². The molecule has 0 bridgehead atoms. The first kappa shape index (κ1) is 17.7. The van der Waals surface area contributed by atoms with E-state index in [1.807, 2.05) is 24.3 Å². The van der Waals surface area contributed by atoms with Crippen LogP contribution < -0.4 is 15.4 Å². The van der Waals surface area contributed by atoms with Gasteiger partial charge in [0.2, 0.25) is 5.91 Å². The number of rotatable bonds is 6. The van der Waals surface area contributed by atoms with Crippen LogP contribution in [-0.2, 0) is 9.53 Å². The lowest BCUT2D eigenvalue weighted by molar-refractivity contribution is -0.124. The quantitative estimate of drug-likeness (QED) is 0.617. The van der Waals surface area contributed by atoms with Crippen molar-refractivity contribution in [3.63, 3.8) is 0 Å². The lowest BCUT2D eigenvalue weighted by atomic mass is 9.89. The molecule has 23 heavy (non-hydrogen) atoms. The predicted octanol–water partition coefficient (Wildman–Crippen LogP) is 3.11. The molecular formula is C17H24N2O3S. The number of hydrogen-bond acceptors (Lipinski definition) is 4. The summed E-state index contributed by atoms with van der Waals surface area (Å²) in [6.45, 7) is 1.02. The molecule has 5 nitrogen and oxygen atoms in total. The number of hydrogen-bond donors (Lipinski definition) is 2. The number of benzene rings is 1. The van der Waals surface area contributed by atoms with Gasteiger partial charge >= 0.3 is 0 Å². The van der Waals surface area contributed by atoms with E-state index in [4.69, 9.17) is 21.7 Å². The van der Waals surface area contributed by atoms with Crippen molar-refractivity contribution in [3.05, 3.63) is 24.3 Å². The number of nitrogens with one attached hydrogen (secondary N) is 2. The van der Waals surface area contributed by atoms with Gasteiger partial charge in [0.05, 0.1) is 6.61 Å². The molecule has 1 amide bonds. The van der Waals surface area contributed by atoms with E-state index in [1.165, 1.54) is 6.42 Å².